The summed E-state index contributed by atoms with van der Waals surface area (Å²) < 4.78 is 16.2. The van der Waals surface area contributed by atoms with Crippen molar-refractivity contribution in [3.8, 4) is 17.2 Å². The van der Waals surface area contributed by atoms with Crippen molar-refractivity contribution in [2.45, 2.75) is 19.4 Å². The summed E-state index contributed by atoms with van der Waals surface area (Å²) in [5.41, 5.74) is 1.61. The maximum absolute atomic E-state index is 12.6. The maximum Gasteiger partial charge on any atom is 0.311 e. The van der Waals surface area contributed by atoms with Crippen LogP contribution in [0.15, 0.2) is 78.9 Å². The standard InChI is InChI=1S/C28H28N2O6/c1-19(20-6-4-3-5-7-20)29-26(31)18-35-28(33)21-16-27(32)30(17-21)22-8-10-24(11-9-22)36-25-14-12-23(34-2)13-15-25/h3-15,19,21H,16-18H2,1-2H3,(H,29,31)/t19-,21-/m0/s1. The third kappa shape index (κ3) is 6.21. The molecule has 8 heteroatoms. The average Bonchev–Trinajstić information content (AvgIpc) is 3.30. The number of nitrogens with zero attached hydrogens (tertiary/aromatic N) is 1. The monoisotopic (exact) mass is 488 g/mol. The molecule has 0 unspecified atom stereocenters. The number of carbonyl (C=O) groups is 3. The molecule has 1 aliphatic rings. The number of nitrogens with one attached hydrogen (secondary N) is 1. The molecular formula is C28H28N2O6. The van der Waals surface area contributed by atoms with E-state index in [9.17, 15) is 14.4 Å². The highest BCUT2D eigenvalue weighted by Crippen LogP contribution is 2.29. The third-order valence-corrected chi connectivity index (χ3v) is 5.92. The van der Waals surface area contributed by atoms with E-state index in [1.807, 2.05) is 37.3 Å². The summed E-state index contributed by atoms with van der Waals surface area (Å²) in [6.07, 6.45) is 0.0327. The molecule has 1 aliphatic heterocycles. The zero-order valence-electron chi connectivity index (χ0n) is 20.2. The highest BCUT2D eigenvalue weighted by Gasteiger charge is 2.36. The lowest BCUT2D eigenvalue weighted by Gasteiger charge is -2.17. The molecule has 2 amide bonds. The summed E-state index contributed by atoms with van der Waals surface area (Å²) in [4.78, 5) is 38.8. The van der Waals surface area contributed by atoms with E-state index in [2.05, 4.69) is 5.32 Å². The second kappa shape index (κ2) is 11.4. The van der Waals surface area contributed by atoms with Gasteiger partial charge in [0.05, 0.1) is 19.1 Å². The molecular weight excluding hydrogens is 460 g/mol. The Morgan fingerprint density at radius 1 is 0.944 bits per heavy atom. The van der Waals surface area contributed by atoms with Crippen LogP contribution in [0.1, 0.15) is 24.9 Å². The Labute approximate surface area is 209 Å². The quantitative estimate of drug-likeness (QED) is 0.453. The highest BCUT2D eigenvalue weighted by atomic mass is 16.5. The first-order chi connectivity index (χ1) is 17.4. The van der Waals surface area contributed by atoms with Crippen LogP contribution in [-0.4, -0.2) is 38.0 Å². The lowest BCUT2D eigenvalue weighted by Crippen LogP contribution is -2.32. The third-order valence-electron chi connectivity index (χ3n) is 5.92. The van der Waals surface area contributed by atoms with Crippen molar-refractivity contribution in [2.24, 2.45) is 5.92 Å². The highest BCUT2D eigenvalue weighted by molar-refractivity contribution is 5.99. The molecule has 0 radical (unpaired) electrons. The van der Waals surface area contributed by atoms with Crippen molar-refractivity contribution in [2.75, 3.05) is 25.2 Å². The minimum absolute atomic E-state index is 0.0327. The van der Waals surface area contributed by atoms with E-state index in [-0.39, 0.29) is 24.9 Å². The Kier molecular flexibility index (Phi) is 7.85. The van der Waals surface area contributed by atoms with E-state index in [1.165, 1.54) is 0 Å². The molecule has 0 saturated carbocycles. The molecule has 0 bridgehead atoms. The number of anilines is 1. The Hall–Kier alpha value is -4.33. The van der Waals surface area contributed by atoms with E-state index in [0.717, 1.165) is 11.3 Å². The number of benzene rings is 3. The van der Waals surface area contributed by atoms with Gasteiger partial charge in [-0.15, -0.1) is 0 Å². The van der Waals surface area contributed by atoms with E-state index >= 15 is 0 Å². The van der Waals surface area contributed by atoms with Crippen LogP contribution < -0.4 is 19.7 Å². The van der Waals surface area contributed by atoms with Crippen LogP contribution in [0.3, 0.4) is 0 Å². The fraction of sp³-hybridized carbons (Fsp3) is 0.250. The number of esters is 1. The largest absolute Gasteiger partial charge is 0.497 e. The van der Waals surface area contributed by atoms with Gasteiger partial charge in [-0.2, -0.15) is 0 Å². The summed E-state index contributed by atoms with van der Waals surface area (Å²) >= 11 is 0. The first-order valence-electron chi connectivity index (χ1n) is 11.7. The molecule has 0 aromatic heterocycles. The zero-order chi connectivity index (χ0) is 25.5. The van der Waals surface area contributed by atoms with Crippen LogP contribution in [-0.2, 0) is 19.1 Å². The average molecular weight is 489 g/mol. The smallest absolute Gasteiger partial charge is 0.311 e. The molecule has 0 spiro atoms. The number of carbonyl (C=O) groups excluding carboxylic acids is 3. The Morgan fingerprint density at radius 3 is 2.19 bits per heavy atom. The van der Waals surface area contributed by atoms with Gasteiger partial charge in [0.25, 0.3) is 5.91 Å². The molecule has 2 atom stereocenters. The summed E-state index contributed by atoms with van der Waals surface area (Å²) in [5, 5.41) is 2.80. The second-order valence-electron chi connectivity index (χ2n) is 8.48. The Balaban J connectivity index is 1.27. The van der Waals surface area contributed by atoms with Gasteiger partial charge < -0.3 is 24.4 Å². The molecule has 1 heterocycles. The van der Waals surface area contributed by atoms with Crippen molar-refractivity contribution in [3.05, 3.63) is 84.4 Å². The number of ether oxygens (including phenoxy) is 3. The van der Waals surface area contributed by atoms with Gasteiger partial charge in [-0.25, -0.2) is 0 Å². The van der Waals surface area contributed by atoms with Crippen LogP contribution in [0, 0.1) is 5.92 Å². The fourth-order valence-corrected chi connectivity index (χ4v) is 3.95. The number of methoxy groups -OCH3 is 1. The van der Waals surface area contributed by atoms with Gasteiger partial charge in [-0.3, -0.25) is 14.4 Å². The summed E-state index contributed by atoms with van der Waals surface area (Å²) in [7, 11) is 1.60. The van der Waals surface area contributed by atoms with E-state index < -0.39 is 24.4 Å². The Bertz CT molecular complexity index is 1190. The zero-order valence-corrected chi connectivity index (χ0v) is 20.2. The van der Waals surface area contributed by atoms with Crippen LogP contribution in [0.5, 0.6) is 17.2 Å². The fourth-order valence-electron chi connectivity index (χ4n) is 3.95. The minimum Gasteiger partial charge on any atom is -0.497 e. The number of rotatable bonds is 9. The van der Waals surface area contributed by atoms with Crippen molar-refractivity contribution in [3.63, 3.8) is 0 Å². The van der Waals surface area contributed by atoms with Crippen LogP contribution in [0.4, 0.5) is 5.69 Å². The summed E-state index contributed by atoms with van der Waals surface area (Å²) in [6.45, 7) is 1.66. The van der Waals surface area contributed by atoms with Crippen molar-refractivity contribution in [1.29, 1.82) is 0 Å². The van der Waals surface area contributed by atoms with Crippen molar-refractivity contribution >= 4 is 23.5 Å². The molecule has 1 N–H and O–H groups in total. The number of amides is 2. The van der Waals surface area contributed by atoms with E-state index in [1.54, 1.807) is 60.5 Å². The second-order valence-corrected chi connectivity index (χ2v) is 8.48. The van der Waals surface area contributed by atoms with Gasteiger partial charge in [0.1, 0.15) is 17.2 Å². The van der Waals surface area contributed by atoms with Gasteiger partial charge in [-0.05, 0) is 61.0 Å². The van der Waals surface area contributed by atoms with E-state index in [4.69, 9.17) is 14.2 Å². The molecule has 3 aromatic carbocycles. The molecule has 1 saturated heterocycles. The first-order valence-corrected chi connectivity index (χ1v) is 11.7. The normalized spacial score (nSPS) is 15.8. The summed E-state index contributed by atoms with van der Waals surface area (Å²) in [5.74, 6) is 0.241. The first kappa shape index (κ1) is 24.8. The molecule has 8 nitrogen and oxygen atoms in total. The Morgan fingerprint density at radius 2 is 1.56 bits per heavy atom. The molecule has 1 fully saturated rings. The molecule has 0 aliphatic carbocycles. The van der Waals surface area contributed by atoms with Crippen LogP contribution in [0.2, 0.25) is 0 Å². The van der Waals surface area contributed by atoms with Gasteiger partial charge in [0.15, 0.2) is 6.61 Å². The maximum atomic E-state index is 12.6. The van der Waals surface area contributed by atoms with Gasteiger partial charge in [0, 0.05) is 18.7 Å². The lowest BCUT2D eigenvalue weighted by molar-refractivity contribution is -0.152. The molecule has 36 heavy (non-hydrogen) atoms. The molecule has 186 valence electrons. The predicted molar refractivity (Wildman–Crippen MR) is 134 cm³/mol. The van der Waals surface area contributed by atoms with Crippen molar-refractivity contribution < 1.29 is 28.6 Å². The van der Waals surface area contributed by atoms with Crippen LogP contribution >= 0.6 is 0 Å². The molecule has 3 aromatic rings. The van der Waals surface area contributed by atoms with Gasteiger partial charge in [0.2, 0.25) is 5.91 Å². The predicted octanol–water partition coefficient (Wildman–Crippen LogP) is 4.26. The SMILES string of the molecule is COc1ccc(Oc2ccc(N3C[C@@H](C(=O)OCC(=O)N[C@@H](C)c4ccccc4)CC3=O)cc2)cc1. The minimum atomic E-state index is -0.632. The van der Waals surface area contributed by atoms with Crippen LogP contribution in [0.25, 0.3) is 0 Å². The van der Waals surface area contributed by atoms with E-state index in [0.29, 0.717) is 17.2 Å². The molecule has 4 rings (SSSR count). The topological polar surface area (TPSA) is 94.2 Å². The van der Waals surface area contributed by atoms with Crippen molar-refractivity contribution in [1.82, 2.24) is 5.32 Å². The summed E-state index contributed by atoms with van der Waals surface area (Å²) in [6, 6.07) is 23.6. The number of hydrogen-bond acceptors (Lipinski definition) is 6. The van der Waals surface area contributed by atoms with Gasteiger partial charge in [-0.1, -0.05) is 30.3 Å². The lowest BCUT2D eigenvalue weighted by atomic mass is 10.1. The number of hydrogen-bond donors (Lipinski definition) is 1. The van der Waals surface area contributed by atoms with Gasteiger partial charge >= 0.3 is 5.97 Å².